The number of benzene rings is 1. The maximum Gasteiger partial charge on any atom is 0.335 e. The maximum absolute atomic E-state index is 11.5. The number of cyclic esters (lactones) is 1. The summed E-state index contributed by atoms with van der Waals surface area (Å²) in [6.07, 6.45) is 0.607. The summed E-state index contributed by atoms with van der Waals surface area (Å²) >= 11 is 0. The number of ether oxygens (including phenoxy) is 1. The number of rotatable bonds is 3. The monoisotopic (exact) mass is 250 g/mol. The lowest BCUT2D eigenvalue weighted by molar-refractivity contribution is -0.139. The van der Waals surface area contributed by atoms with Crippen molar-refractivity contribution in [3.05, 3.63) is 23.8 Å². The van der Waals surface area contributed by atoms with E-state index in [1.165, 1.54) is 12.1 Å². The van der Waals surface area contributed by atoms with Gasteiger partial charge in [0.05, 0.1) is 23.5 Å². The van der Waals surface area contributed by atoms with E-state index in [0.717, 1.165) is 0 Å². The van der Waals surface area contributed by atoms with Crippen LogP contribution in [0.5, 0.6) is 0 Å². The summed E-state index contributed by atoms with van der Waals surface area (Å²) in [5, 5.41) is 8.85. The molecule has 18 heavy (non-hydrogen) atoms. The Morgan fingerprint density at radius 3 is 2.78 bits per heavy atom. The number of nitrogen functional groups attached to an aromatic ring is 1. The number of aromatic carboxylic acids is 1. The van der Waals surface area contributed by atoms with Crippen LogP contribution in [0.4, 0.5) is 11.4 Å². The third kappa shape index (κ3) is 2.09. The average molecular weight is 250 g/mol. The molecular weight excluding hydrogens is 236 g/mol. The molecule has 1 atom stereocenters. The molecule has 0 bridgehead atoms. The molecule has 0 amide bonds. The zero-order valence-corrected chi connectivity index (χ0v) is 9.92. The first-order valence-electron chi connectivity index (χ1n) is 5.53. The Morgan fingerprint density at radius 1 is 1.56 bits per heavy atom. The molecule has 1 aliphatic rings. The van der Waals surface area contributed by atoms with E-state index in [0.29, 0.717) is 24.4 Å². The second-order valence-electron chi connectivity index (χ2n) is 4.16. The Hall–Kier alpha value is -2.24. The normalized spacial score (nSPS) is 18.5. The molecule has 3 N–H and O–H groups in total. The number of likely N-dealkylation sites (N-methyl/N-ethyl adjacent to an activating group) is 1. The predicted molar refractivity (Wildman–Crippen MR) is 65.6 cm³/mol. The lowest BCUT2D eigenvalue weighted by atomic mass is 10.1. The molecule has 1 fully saturated rings. The summed E-state index contributed by atoms with van der Waals surface area (Å²) in [5.41, 5.74) is 6.90. The zero-order valence-electron chi connectivity index (χ0n) is 9.92. The zero-order chi connectivity index (χ0) is 13.3. The Balaban J connectivity index is 2.28. The first kappa shape index (κ1) is 12.2. The smallest absolute Gasteiger partial charge is 0.335 e. The number of nitrogens with zero attached hydrogens (tertiary/aromatic N) is 1. The van der Waals surface area contributed by atoms with Crippen molar-refractivity contribution in [2.75, 3.05) is 24.3 Å². The highest BCUT2D eigenvalue weighted by Gasteiger charge is 2.31. The summed E-state index contributed by atoms with van der Waals surface area (Å²) < 4.78 is 4.89. The molecule has 1 aliphatic heterocycles. The van der Waals surface area contributed by atoms with Crippen LogP contribution in [0.1, 0.15) is 16.8 Å². The molecule has 1 aromatic carbocycles. The van der Waals surface area contributed by atoms with Crippen molar-refractivity contribution in [3.8, 4) is 0 Å². The van der Waals surface area contributed by atoms with Gasteiger partial charge in [0.2, 0.25) is 0 Å². The molecule has 0 aliphatic carbocycles. The van der Waals surface area contributed by atoms with Crippen LogP contribution in [0.15, 0.2) is 18.2 Å². The van der Waals surface area contributed by atoms with Crippen molar-refractivity contribution in [1.29, 1.82) is 0 Å². The summed E-state index contributed by atoms with van der Waals surface area (Å²) in [6.45, 7) is 0.404. The van der Waals surface area contributed by atoms with E-state index >= 15 is 0 Å². The van der Waals surface area contributed by atoms with Crippen molar-refractivity contribution < 1.29 is 19.4 Å². The Morgan fingerprint density at radius 2 is 2.28 bits per heavy atom. The lowest BCUT2D eigenvalue weighted by Crippen LogP contribution is -2.35. The van der Waals surface area contributed by atoms with E-state index < -0.39 is 5.97 Å². The number of esters is 1. The summed E-state index contributed by atoms with van der Waals surface area (Å²) in [4.78, 5) is 24.0. The minimum atomic E-state index is -1.03. The van der Waals surface area contributed by atoms with Gasteiger partial charge in [-0.1, -0.05) is 0 Å². The third-order valence-electron chi connectivity index (χ3n) is 3.03. The first-order valence-corrected chi connectivity index (χ1v) is 5.53. The molecule has 0 saturated carbocycles. The van der Waals surface area contributed by atoms with Gasteiger partial charge in [-0.3, -0.25) is 0 Å². The molecule has 1 heterocycles. The molecule has 1 unspecified atom stereocenters. The molecular formula is C12H14N2O4. The topological polar surface area (TPSA) is 92.9 Å². The van der Waals surface area contributed by atoms with E-state index in [9.17, 15) is 9.59 Å². The number of carboxylic acid groups (broad SMARTS) is 1. The average Bonchev–Trinajstić information content (AvgIpc) is 2.74. The van der Waals surface area contributed by atoms with Crippen LogP contribution in [-0.4, -0.2) is 36.7 Å². The maximum atomic E-state index is 11.5. The largest absolute Gasteiger partial charge is 0.478 e. The Bertz CT molecular complexity index is 501. The predicted octanol–water partition coefficient (Wildman–Crippen LogP) is 0.719. The molecule has 96 valence electrons. The summed E-state index contributed by atoms with van der Waals surface area (Å²) in [5.74, 6) is -1.31. The number of hydrogen-bond acceptors (Lipinski definition) is 5. The van der Waals surface area contributed by atoms with Crippen LogP contribution >= 0.6 is 0 Å². The number of carbonyl (C=O) groups is 2. The van der Waals surface area contributed by atoms with E-state index in [-0.39, 0.29) is 17.6 Å². The first-order chi connectivity index (χ1) is 8.50. The number of anilines is 2. The standard InChI is InChI=1S/C12H14N2O4/c1-14(10-4-5-18-12(10)17)9-3-2-7(11(15)16)6-8(9)13/h2-3,6,10H,4-5,13H2,1H3,(H,15,16). The van der Waals surface area contributed by atoms with Crippen molar-refractivity contribution in [3.63, 3.8) is 0 Å². The fraction of sp³-hybridized carbons (Fsp3) is 0.333. The molecule has 6 heteroatoms. The highest BCUT2D eigenvalue weighted by Crippen LogP contribution is 2.27. The summed E-state index contributed by atoms with van der Waals surface area (Å²) in [7, 11) is 1.74. The second kappa shape index (κ2) is 4.56. The number of hydrogen-bond donors (Lipinski definition) is 2. The van der Waals surface area contributed by atoms with Gasteiger partial charge in [0, 0.05) is 13.5 Å². The van der Waals surface area contributed by atoms with Crippen molar-refractivity contribution in [1.82, 2.24) is 0 Å². The minimum Gasteiger partial charge on any atom is -0.478 e. The molecule has 1 aromatic rings. The highest BCUT2D eigenvalue weighted by atomic mass is 16.5. The lowest BCUT2D eigenvalue weighted by Gasteiger charge is -2.25. The fourth-order valence-corrected chi connectivity index (χ4v) is 2.01. The van der Waals surface area contributed by atoms with Gasteiger partial charge in [0.1, 0.15) is 6.04 Å². The van der Waals surface area contributed by atoms with Gasteiger partial charge in [-0.25, -0.2) is 9.59 Å². The van der Waals surface area contributed by atoms with Crippen LogP contribution in [0.25, 0.3) is 0 Å². The molecule has 0 aromatic heterocycles. The van der Waals surface area contributed by atoms with E-state index in [1.54, 1.807) is 18.0 Å². The summed E-state index contributed by atoms with van der Waals surface area (Å²) in [6, 6.07) is 4.09. The van der Waals surface area contributed by atoms with Gasteiger partial charge in [0.25, 0.3) is 0 Å². The van der Waals surface area contributed by atoms with Crippen LogP contribution in [0.2, 0.25) is 0 Å². The van der Waals surface area contributed by atoms with Crippen LogP contribution in [0, 0.1) is 0 Å². The molecule has 2 rings (SSSR count). The third-order valence-corrected chi connectivity index (χ3v) is 3.03. The minimum absolute atomic E-state index is 0.124. The van der Waals surface area contributed by atoms with Crippen molar-refractivity contribution in [2.24, 2.45) is 0 Å². The van der Waals surface area contributed by atoms with E-state index in [4.69, 9.17) is 15.6 Å². The highest BCUT2D eigenvalue weighted by molar-refractivity contribution is 5.91. The van der Waals surface area contributed by atoms with Gasteiger partial charge in [-0.05, 0) is 18.2 Å². The number of carboxylic acids is 1. The van der Waals surface area contributed by atoms with Gasteiger partial charge >= 0.3 is 11.9 Å². The Labute approximate surface area is 104 Å². The van der Waals surface area contributed by atoms with Gasteiger partial charge in [-0.15, -0.1) is 0 Å². The molecule has 1 saturated heterocycles. The Kier molecular flexibility index (Phi) is 3.10. The van der Waals surface area contributed by atoms with Crippen LogP contribution in [0.3, 0.4) is 0 Å². The number of carbonyl (C=O) groups excluding carboxylic acids is 1. The fourth-order valence-electron chi connectivity index (χ4n) is 2.01. The molecule has 0 radical (unpaired) electrons. The van der Waals surface area contributed by atoms with Gasteiger partial charge in [0.15, 0.2) is 0 Å². The van der Waals surface area contributed by atoms with Crippen molar-refractivity contribution in [2.45, 2.75) is 12.5 Å². The van der Waals surface area contributed by atoms with Crippen LogP contribution < -0.4 is 10.6 Å². The van der Waals surface area contributed by atoms with E-state index in [2.05, 4.69) is 0 Å². The second-order valence-corrected chi connectivity index (χ2v) is 4.16. The molecule has 0 spiro atoms. The quantitative estimate of drug-likeness (QED) is 0.606. The molecule has 6 nitrogen and oxygen atoms in total. The van der Waals surface area contributed by atoms with Crippen molar-refractivity contribution >= 4 is 23.3 Å². The van der Waals surface area contributed by atoms with Gasteiger partial charge in [-0.2, -0.15) is 0 Å². The SMILES string of the molecule is CN(c1ccc(C(=O)O)cc1N)C1CCOC1=O. The number of nitrogens with two attached hydrogens (primary N) is 1. The van der Waals surface area contributed by atoms with E-state index in [1.807, 2.05) is 0 Å². The van der Waals surface area contributed by atoms with Gasteiger partial charge < -0.3 is 20.5 Å². The van der Waals surface area contributed by atoms with Crippen LogP contribution in [-0.2, 0) is 9.53 Å².